The summed E-state index contributed by atoms with van der Waals surface area (Å²) < 4.78 is 0. The summed E-state index contributed by atoms with van der Waals surface area (Å²) in [6, 6.07) is 26.9. The largest absolute Gasteiger partial charge is 0.508 e. The van der Waals surface area contributed by atoms with Crippen molar-refractivity contribution in [2.24, 2.45) is 11.8 Å². The minimum absolute atomic E-state index is 0.149. The van der Waals surface area contributed by atoms with E-state index in [1.807, 2.05) is 60.7 Å². The number of rotatable bonds is 3. The van der Waals surface area contributed by atoms with E-state index in [0.29, 0.717) is 23.4 Å². The third kappa shape index (κ3) is 2.95. The molecule has 4 atom stereocenters. The standard InChI is InChI=1S/C30H23N3O4/c34-19-14-12-17(13-15-19)16-23-25-26(30(32-23)21-9-3-4-10-22(21)31-29(30)37)28(36)33(27(25)35)24-11-5-7-18-6-1-2-8-20(18)24/h1-15,23,25-26,32,34H,16H2,(H,31,37)/t23-,25+,26-,30-/m0/s1. The summed E-state index contributed by atoms with van der Waals surface area (Å²) in [5.41, 5.74) is 1.40. The van der Waals surface area contributed by atoms with Crippen LogP contribution in [-0.2, 0) is 26.3 Å². The highest BCUT2D eigenvalue weighted by atomic mass is 16.3. The summed E-state index contributed by atoms with van der Waals surface area (Å²) >= 11 is 0. The van der Waals surface area contributed by atoms with Gasteiger partial charge in [0.1, 0.15) is 11.3 Å². The lowest BCUT2D eigenvalue weighted by Gasteiger charge is -2.29. The van der Waals surface area contributed by atoms with Gasteiger partial charge in [0.15, 0.2) is 0 Å². The van der Waals surface area contributed by atoms with Gasteiger partial charge < -0.3 is 10.4 Å². The van der Waals surface area contributed by atoms with Gasteiger partial charge in [-0.1, -0.05) is 66.7 Å². The minimum Gasteiger partial charge on any atom is -0.508 e. The van der Waals surface area contributed by atoms with Gasteiger partial charge in [0, 0.05) is 22.7 Å². The molecule has 7 heteroatoms. The lowest BCUT2D eigenvalue weighted by Crippen LogP contribution is -2.53. The van der Waals surface area contributed by atoms with Gasteiger partial charge in [0.25, 0.3) is 0 Å². The van der Waals surface area contributed by atoms with Gasteiger partial charge in [-0.2, -0.15) is 0 Å². The summed E-state index contributed by atoms with van der Waals surface area (Å²) in [7, 11) is 0. The zero-order valence-electron chi connectivity index (χ0n) is 19.7. The number of benzene rings is 4. The molecule has 0 aromatic heterocycles. The van der Waals surface area contributed by atoms with Crippen molar-refractivity contribution in [1.29, 1.82) is 0 Å². The van der Waals surface area contributed by atoms with Gasteiger partial charge in [-0.15, -0.1) is 0 Å². The highest BCUT2D eigenvalue weighted by Gasteiger charge is 2.70. The monoisotopic (exact) mass is 489 g/mol. The second-order valence-corrected chi connectivity index (χ2v) is 9.94. The molecule has 3 aliphatic rings. The van der Waals surface area contributed by atoms with Crippen molar-refractivity contribution in [3.8, 4) is 5.75 Å². The molecule has 0 aliphatic carbocycles. The van der Waals surface area contributed by atoms with Crippen LogP contribution in [0.25, 0.3) is 10.8 Å². The lowest BCUT2D eigenvalue weighted by atomic mass is 9.76. The number of carbonyl (C=O) groups is 3. The number of carbonyl (C=O) groups excluding carboxylic acids is 3. The molecule has 4 aromatic rings. The van der Waals surface area contributed by atoms with E-state index in [9.17, 15) is 19.5 Å². The van der Waals surface area contributed by atoms with Crippen molar-refractivity contribution in [2.45, 2.75) is 18.0 Å². The quantitative estimate of drug-likeness (QED) is 0.381. The van der Waals surface area contributed by atoms with Crippen LogP contribution in [0.1, 0.15) is 11.1 Å². The van der Waals surface area contributed by atoms with Crippen molar-refractivity contribution in [2.75, 3.05) is 10.2 Å². The molecule has 3 amide bonds. The second-order valence-electron chi connectivity index (χ2n) is 9.94. The number of hydrogen-bond acceptors (Lipinski definition) is 5. The van der Waals surface area contributed by atoms with Crippen molar-refractivity contribution in [3.05, 3.63) is 102 Å². The van der Waals surface area contributed by atoms with Crippen LogP contribution < -0.4 is 15.5 Å². The molecular weight excluding hydrogens is 466 g/mol. The number of amides is 3. The van der Waals surface area contributed by atoms with Gasteiger partial charge in [0.2, 0.25) is 17.7 Å². The lowest BCUT2D eigenvalue weighted by molar-refractivity contribution is -0.130. The van der Waals surface area contributed by atoms with Crippen molar-refractivity contribution in [1.82, 2.24) is 5.32 Å². The molecule has 1 spiro atoms. The Morgan fingerprint density at radius 1 is 0.811 bits per heavy atom. The zero-order chi connectivity index (χ0) is 25.3. The number of fused-ring (bicyclic) bond motifs is 5. The van der Waals surface area contributed by atoms with E-state index in [1.165, 1.54) is 4.90 Å². The maximum Gasteiger partial charge on any atom is 0.250 e. The molecule has 0 radical (unpaired) electrons. The van der Waals surface area contributed by atoms with Gasteiger partial charge in [-0.3, -0.25) is 19.7 Å². The maximum absolute atomic E-state index is 14.3. The third-order valence-corrected chi connectivity index (χ3v) is 8.02. The van der Waals surface area contributed by atoms with Gasteiger partial charge in [-0.05, 0) is 41.6 Å². The number of aromatic hydroxyl groups is 1. The summed E-state index contributed by atoms with van der Waals surface area (Å²) in [4.78, 5) is 43.4. The number of nitrogens with zero attached hydrogens (tertiary/aromatic N) is 1. The van der Waals surface area contributed by atoms with Gasteiger partial charge in [0.05, 0.1) is 17.5 Å². The molecule has 37 heavy (non-hydrogen) atoms. The fourth-order valence-corrected chi connectivity index (χ4v) is 6.46. The maximum atomic E-state index is 14.3. The van der Waals surface area contributed by atoms with Gasteiger partial charge in [-0.25, -0.2) is 4.90 Å². The van der Waals surface area contributed by atoms with Crippen LogP contribution in [0.4, 0.5) is 11.4 Å². The highest BCUT2D eigenvalue weighted by molar-refractivity contribution is 6.28. The Bertz CT molecular complexity index is 1610. The Morgan fingerprint density at radius 2 is 1.54 bits per heavy atom. The second kappa shape index (κ2) is 7.75. The van der Waals surface area contributed by atoms with E-state index in [1.54, 1.807) is 30.3 Å². The summed E-state index contributed by atoms with van der Waals surface area (Å²) in [5.74, 6) is -2.49. The van der Waals surface area contributed by atoms with Crippen molar-refractivity contribution >= 4 is 39.9 Å². The summed E-state index contributed by atoms with van der Waals surface area (Å²) in [6.07, 6.45) is 0.418. The molecule has 4 aromatic carbocycles. The molecule has 0 saturated carbocycles. The molecule has 3 aliphatic heterocycles. The van der Waals surface area contributed by atoms with Crippen LogP contribution in [0.5, 0.6) is 5.75 Å². The van der Waals surface area contributed by atoms with Crippen LogP contribution >= 0.6 is 0 Å². The predicted octanol–water partition coefficient (Wildman–Crippen LogP) is 3.71. The molecule has 0 bridgehead atoms. The first-order valence-electron chi connectivity index (χ1n) is 12.3. The Labute approximate surface area is 212 Å². The van der Waals surface area contributed by atoms with E-state index >= 15 is 0 Å². The average Bonchev–Trinajstić information content (AvgIpc) is 3.49. The van der Waals surface area contributed by atoms with E-state index in [4.69, 9.17) is 0 Å². The van der Waals surface area contributed by atoms with Crippen LogP contribution in [0.15, 0.2) is 91.0 Å². The molecular formula is C30H23N3O4. The van der Waals surface area contributed by atoms with E-state index in [-0.39, 0.29) is 23.5 Å². The first-order chi connectivity index (χ1) is 18.0. The van der Waals surface area contributed by atoms with Crippen molar-refractivity contribution < 1.29 is 19.5 Å². The molecule has 0 unspecified atom stereocenters. The normalized spacial score (nSPS) is 26.1. The molecule has 7 rings (SSSR count). The molecule has 2 fully saturated rings. The molecule has 7 nitrogen and oxygen atoms in total. The summed E-state index contributed by atoms with van der Waals surface area (Å²) in [5, 5.41) is 17.9. The number of anilines is 2. The van der Waals surface area contributed by atoms with Crippen LogP contribution in [0.2, 0.25) is 0 Å². The Balaban J connectivity index is 1.39. The number of hydrogen-bond donors (Lipinski definition) is 3. The van der Waals surface area contributed by atoms with Crippen LogP contribution in [0.3, 0.4) is 0 Å². The highest BCUT2D eigenvalue weighted by Crippen LogP contribution is 2.54. The van der Waals surface area contributed by atoms with Crippen molar-refractivity contribution in [3.63, 3.8) is 0 Å². The van der Waals surface area contributed by atoms with E-state index in [2.05, 4.69) is 10.6 Å². The Kier molecular flexibility index (Phi) is 4.56. The number of phenolic OH excluding ortho intramolecular Hbond substituents is 1. The van der Waals surface area contributed by atoms with E-state index < -0.39 is 23.4 Å². The fraction of sp³-hybridized carbons (Fsp3) is 0.167. The first kappa shape index (κ1) is 21.8. The Morgan fingerprint density at radius 3 is 2.38 bits per heavy atom. The number of phenols is 1. The molecule has 182 valence electrons. The number of imide groups is 1. The number of para-hydroxylation sites is 1. The molecule has 3 N–H and O–H groups in total. The minimum atomic E-state index is -1.35. The number of nitrogens with one attached hydrogen (secondary N) is 2. The van der Waals surface area contributed by atoms with Gasteiger partial charge >= 0.3 is 0 Å². The fourth-order valence-electron chi connectivity index (χ4n) is 6.46. The van der Waals surface area contributed by atoms with Crippen LogP contribution in [0, 0.1) is 11.8 Å². The third-order valence-electron chi connectivity index (χ3n) is 8.02. The topological polar surface area (TPSA) is 98.7 Å². The molecule has 3 heterocycles. The van der Waals surface area contributed by atoms with Crippen LogP contribution in [-0.4, -0.2) is 28.9 Å². The average molecular weight is 490 g/mol. The first-order valence-corrected chi connectivity index (χ1v) is 12.3. The summed E-state index contributed by atoms with van der Waals surface area (Å²) in [6.45, 7) is 0. The van der Waals surface area contributed by atoms with E-state index in [0.717, 1.165) is 16.3 Å². The molecule has 2 saturated heterocycles. The predicted molar refractivity (Wildman–Crippen MR) is 139 cm³/mol. The zero-order valence-corrected chi connectivity index (χ0v) is 19.7. The SMILES string of the molecule is O=C1[C@@H]2[C@H](Cc3ccc(O)cc3)N[C@]3(C(=O)Nc4ccccc43)[C@@H]2C(=O)N1c1cccc2ccccc12. The Hall–Kier alpha value is -4.49. The smallest absolute Gasteiger partial charge is 0.250 e.